The minimum Gasteiger partial charge on any atom is -0.484 e. The summed E-state index contributed by atoms with van der Waals surface area (Å²) in [6.45, 7) is -0.0343. The van der Waals surface area contributed by atoms with E-state index in [2.05, 4.69) is 33.2 Å². The normalized spacial score (nSPS) is 18.3. The molecule has 1 aliphatic carbocycles. The Kier molecular flexibility index (Phi) is 8.62. The molecule has 1 aliphatic rings. The molecule has 0 saturated heterocycles. The van der Waals surface area contributed by atoms with Crippen LogP contribution in [-0.4, -0.2) is 37.1 Å². The Morgan fingerprint density at radius 2 is 1.20 bits per heavy atom. The molecule has 0 bridgehead atoms. The Balaban J connectivity index is 1.31. The highest BCUT2D eigenvalue weighted by Gasteiger charge is 2.23. The molecular weight excluding hydrogens is 519 g/mol. The fourth-order valence-corrected chi connectivity index (χ4v) is 3.77. The summed E-state index contributed by atoms with van der Waals surface area (Å²) in [6.07, 6.45) is 3.27. The summed E-state index contributed by atoms with van der Waals surface area (Å²) in [4.78, 5) is 24.2. The van der Waals surface area contributed by atoms with Gasteiger partial charge in [0, 0.05) is 20.7 Å². The zero-order valence-corrected chi connectivity index (χ0v) is 19.3. The van der Waals surface area contributed by atoms with Crippen LogP contribution in [0.25, 0.3) is 0 Å². The first-order valence-corrected chi connectivity index (χ1v) is 11.3. The zero-order valence-electron chi connectivity index (χ0n) is 16.4. The molecule has 0 aromatic heterocycles. The van der Waals surface area contributed by atoms with E-state index < -0.39 is 0 Å². The summed E-state index contributed by atoms with van der Waals surface area (Å²) < 4.78 is 12.1. The summed E-state index contributed by atoms with van der Waals surface area (Å²) in [5.74, 6) is 1.01. The predicted molar refractivity (Wildman–Crippen MR) is 124 cm³/mol. The zero-order chi connectivity index (χ0) is 21.3. The van der Waals surface area contributed by atoms with Crippen molar-refractivity contribution in [2.45, 2.75) is 37.8 Å². The molecule has 2 N–H and O–H groups in total. The quantitative estimate of drug-likeness (QED) is 0.496. The molecular formula is C22H24ClIN2O4. The Morgan fingerprint density at radius 1 is 0.800 bits per heavy atom. The lowest BCUT2D eigenvalue weighted by molar-refractivity contribution is -0.125. The molecule has 0 aliphatic heterocycles. The molecule has 2 amide bonds. The van der Waals surface area contributed by atoms with E-state index in [1.807, 2.05) is 24.3 Å². The van der Waals surface area contributed by atoms with Crippen molar-refractivity contribution in [2.75, 3.05) is 13.2 Å². The van der Waals surface area contributed by atoms with Gasteiger partial charge in [0.05, 0.1) is 0 Å². The third-order valence-corrected chi connectivity index (χ3v) is 5.80. The molecule has 6 nitrogen and oxygen atoms in total. The lowest BCUT2D eigenvalue weighted by Crippen LogP contribution is -2.45. The molecule has 30 heavy (non-hydrogen) atoms. The van der Waals surface area contributed by atoms with Gasteiger partial charge in [0.2, 0.25) is 0 Å². The third kappa shape index (κ3) is 7.68. The lowest BCUT2D eigenvalue weighted by Gasteiger charge is -2.29. The molecule has 0 unspecified atom stereocenters. The van der Waals surface area contributed by atoms with E-state index in [4.69, 9.17) is 21.1 Å². The van der Waals surface area contributed by atoms with Crippen molar-refractivity contribution < 1.29 is 19.1 Å². The van der Waals surface area contributed by atoms with Crippen molar-refractivity contribution in [1.82, 2.24) is 10.6 Å². The largest absolute Gasteiger partial charge is 0.484 e. The number of hydrogen-bond donors (Lipinski definition) is 2. The van der Waals surface area contributed by atoms with Gasteiger partial charge < -0.3 is 20.1 Å². The number of amides is 2. The van der Waals surface area contributed by atoms with Crippen LogP contribution in [0.1, 0.15) is 25.7 Å². The van der Waals surface area contributed by atoms with Crippen molar-refractivity contribution in [2.24, 2.45) is 0 Å². The van der Waals surface area contributed by atoms with Crippen LogP contribution in [0.3, 0.4) is 0 Å². The maximum Gasteiger partial charge on any atom is 0.258 e. The fraction of sp³-hybridized carbons (Fsp3) is 0.364. The van der Waals surface area contributed by atoms with E-state index in [1.165, 1.54) is 0 Å². The van der Waals surface area contributed by atoms with Crippen LogP contribution in [0.15, 0.2) is 48.5 Å². The molecule has 160 valence electrons. The Bertz CT molecular complexity index is 766. The minimum absolute atomic E-state index is 0.000701. The van der Waals surface area contributed by atoms with Gasteiger partial charge in [-0.05, 0) is 96.8 Å². The second-order valence-electron chi connectivity index (χ2n) is 7.17. The van der Waals surface area contributed by atoms with Crippen LogP contribution in [0, 0.1) is 3.57 Å². The molecule has 0 heterocycles. The second-order valence-corrected chi connectivity index (χ2v) is 8.85. The number of rotatable bonds is 8. The molecule has 8 heteroatoms. The Labute approximate surface area is 194 Å². The van der Waals surface area contributed by atoms with Gasteiger partial charge in [0.1, 0.15) is 11.5 Å². The van der Waals surface area contributed by atoms with Crippen molar-refractivity contribution in [3.05, 3.63) is 57.1 Å². The van der Waals surface area contributed by atoms with Crippen LogP contribution in [0.2, 0.25) is 5.02 Å². The summed E-state index contributed by atoms with van der Waals surface area (Å²) in [7, 11) is 0. The molecule has 1 fully saturated rings. The summed E-state index contributed by atoms with van der Waals surface area (Å²) in [5.41, 5.74) is 0. The average Bonchev–Trinajstić information content (AvgIpc) is 2.74. The smallest absolute Gasteiger partial charge is 0.258 e. The van der Waals surface area contributed by atoms with Crippen molar-refractivity contribution in [3.8, 4) is 11.5 Å². The molecule has 1 saturated carbocycles. The standard InChI is InChI=1S/C22H24ClIN2O4/c23-15-1-9-19(10-2-15)29-13-21(27)25-17-5-7-18(8-6-17)26-22(28)14-30-20-11-3-16(24)4-12-20/h1-4,9-12,17-18H,5-8,13-14H2,(H,25,27)(H,26,28)/t17-,18-. The van der Waals surface area contributed by atoms with E-state index in [0.717, 1.165) is 29.3 Å². The van der Waals surface area contributed by atoms with E-state index in [-0.39, 0.29) is 37.1 Å². The topological polar surface area (TPSA) is 76.7 Å². The highest BCUT2D eigenvalue weighted by atomic mass is 127. The number of ether oxygens (including phenoxy) is 2. The number of benzene rings is 2. The van der Waals surface area contributed by atoms with Gasteiger partial charge >= 0.3 is 0 Å². The average molecular weight is 543 g/mol. The second kappa shape index (κ2) is 11.4. The number of carbonyl (C=O) groups excluding carboxylic acids is 2. The lowest BCUT2D eigenvalue weighted by atomic mass is 9.91. The maximum atomic E-state index is 12.1. The first kappa shape index (κ1) is 22.7. The first-order chi connectivity index (χ1) is 14.5. The highest BCUT2D eigenvalue weighted by Crippen LogP contribution is 2.19. The summed E-state index contributed by atoms with van der Waals surface area (Å²) >= 11 is 8.05. The molecule has 3 rings (SSSR count). The predicted octanol–water partition coefficient (Wildman–Crippen LogP) is 3.95. The van der Waals surface area contributed by atoms with Gasteiger partial charge in [-0.25, -0.2) is 0 Å². The van der Waals surface area contributed by atoms with E-state index in [9.17, 15) is 9.59 Å². The summed E-state index contributed by atoms with van der Waals surface area (Å²) in [6, 6.07) is 14.7. The molecule has 0 atom stereocenters. The number of hydrogen-bond acceptors (Lipinski definition) is 4. The number of carbonyl (C=O) groups is 2. The van der Waals surface area contributed by atoms with Crippen molar-refractivity contribution in [1.29, 1.82) is 0 Å². The van der Waals surface area contributed by atoms with Gasteiger partial charge in [-0.3, -0.25) is 9.59 Å². The first-order valence-electron chi connectivity index (χ1n) is 9.83. The van der Waals surface area contributed by atoms with Crippen LogP contribution >= 0.6 is 34.2 Å². The monoisotopic (exact) mass is 542 g/mol. The van der Waals surface area contributed by atoms with Gasteiger partial charge in [0.15, 0.2) is 13.2 Å². The Morgan fingerprint density at radius 3 is 1.63 bits per heavy atom. The Hall–Kier alpha value is -2.00. The van der Waals surface area contributed by atoms with Crippen LogP contribution in [0.4, 0.5) is 0 Å². The van der Waals surface area contributed by atoms with Crippen LogP contribution in [0.5, 0.6) is 11.5 Å². The van der Waals surface area contributed by atoms with E-state index >= 15 is 0 Å². The van der Waals surface area contributed by atoms with Gasteiger partial charge in [0.25, 0.3) is 11.8 Å². The van der Waals surface area contributed by atoms with Crippen LogP contribution in [-0.2, 0) is 9.59 Å². The molecule has 0 spiro atoms. The number of nitrogens with one attached hydrogen (secondary N) is 2. The van der Waals surface area contributed by atoms with Gasteiger partial charge in [-0.15, -0.1) is 0 Å². The van der Waals surface area contributed by atoms with Crippen molar-refractivity contribution in [3.63, 3.8) is 0 Å². The van der Waals surface area contributed by atoms with E-state index in [0.29, 0.717) is 16.5 Å². The van der Waals surface area contributed by atoms with Gasteiger partial charge in [-0.1, -0.05) is 11.6 Å². The third-order valence-electron chi connectivity index (χ3n) is 4.82. The molecule has 2 aromatic rings. The van der Waals surface area contributed by atoms with Gasteiger partial charge in [-0.2, -0.15) is 0 Å². The maximum absolute atomic E-state index is 12.1. The molecule has 0 radical (unpaired) electrons. The summed E-state index contributed by atoms with van der Waals surface area (Å²) in [5, 5.41) is 6.63. The van der Waals surface area contributed by atoms with E-state index in [1.54, 1.807) is 24.3 Å². The fourth-order valence-electron chi connectivity index (χ4n) is 3.28. The van der Waals surface area contributed by atoms with Crippen molar-refractivity contribution >= 4 is 46.0 Å². The number of halogens is 2. The molecule has 2 aromatic carbocycles. The highest BCUT2D eigenvalue weighted by molar-refractivity contribution is 14.1. The minimum atomic E-state index is -0.150. The van der Waals surface area contributed by atoms with Crippen LogP contribution < -0.4 is 20.1 Å². The SMILES string of the molecule is O=C(COc1ccc(Cl)cc1)N[C@H]1CC[C@H](NC(=O)COc2ccc(I)cc2)CC1.